The van der Waals surface area contributed by atoms with E-state index < -0.39 is 5.97 Å². The number of phenols is 1. The Bertz CT molecular complexity index is 786. The maximum Gasteiger partial charge on any atom is 0.339 e. The van der Waals surface area contributed by atoms with Crippen LogP contribution in [-0.4, -0.2) is 46.6 Å². The Balaban J connectivity index is 0.000000150. The lowest BCUT2D eigenvalue weighted by Gasteiger charge is -2.27. The van der Waals surface area contributed by atoms with E-state index in [1.165, 1.54) is 63.2 Å². The summed E-state index contributed by atoms with van der Waals surface area (Å²) in [5.74, 6) is 0.0817. The number of carboxylic acid groups (broad SMARTS) is 1. The summed E-state index contributed by atoms with van der Waals surface area (Å²) >= 11 is 0. The van der Waals surface area contributed by atoms with Gasteiger partial charge in [0.25, 0.3) is 0 Å². The van der Waals surface area contributed by atoms with E-state index in [0.29, 0.717) is 0 Å². The van der Waals surface area contributed by atoms with Crippen molar-refractivity contribution in [3.8, 4) is 5.75 Å². The number of fused-ring (bicyclic) bond motifs is 2. The summed E-state index contributed by atoms with van der Waals surface area (Å²) in [5.41, 5.74) is -0.0660. The Kier molecular flexibility index (Phi) is 5.53. The zero-order valence-corrected chi connectivity index (χ0v) is 14.3. The first-order valence-electron chi connectivity index (χ1n) is 8.88. The molecule has 5 nitrogen and oxygen atoms in total. The van der Waals surface area contributed by atoms with Crippen molar-refractivity contribution in [1.29, 1.82) is 0 Å². The largest absolute Gasteiger partial charge is 0.507 e. The predicted octanol–water partition coefficient (Wildman–Crippen LogP) is 3.91. The first kappa shape index (κ1) is 17.3. The minimum absolute atomic E-state index is 0.0660. The van der Waals surface area contributed by atoms with Crippen LogP contribution in [0, 0.1) is 0 Å². The van der Waals surface area contributed by atoms with Crippen molar-refractivity contribution in [2.45, 2.75) is 32.1 Å². The number of aromatic hydroxyl groups is 1. The Morgan fingerprint density at radius 1 is 1.00 bits per heavy atom. The fraction of sp³-hybridized carbons (Fsp3) is 0.400. The molecule has 0 spiro atoms. The number of hydrogen-bond acceptors (Lipinski definition) is 4. The molecule has 1 saturated heterocycles. The highest BCUT2D eigenvalue weighted by molar-refractivity contribution is 5.97. The SMILES string of the molecule is C1CCC2=NCCCN2CC1.O=C(O)c1cc2ccccc2cc1O. The van der Waals surface area contributed by atoms with E-state index in [4.69, 9.17) is 5.11 Å². The Morgan fingerprint density at radius 2 is 1.72 bits per heavy atom. The molecule has 0 unspecified atom stereocenters. The maximum absolute atomic E-state index is 10.7. The van der Waals surface area contributed by atoms with Crippen molar-refractivity contribution in [3.63, 3.8) is 0 Å². The van der Waals surface area contributed by atoms with Gasteiger partial charge in [-0.25, -0.2) is 4.79 Å². The average molecular weight is 340 g/mol. The van der Waals surface area contributed by atoms with Crippen LogP contribution in [0.4, 0.5) is 0 Å². The third-order valence-corrected chi connectivity index (χ3v) is 4.67. The number of amidine groups is 1. The number of hydrogen-bond donors (Lipinski definition) is 2. The summed E-state index contributed by atoms with van der Waals surface area (Å²) in [6.07, 6.45) is 6.63. The van der Waals surface area contributed by atoms with Crippen LogP contribution in [0.25, 0.3) is 10.8 Å². The minimum atomic E-state index is -1.12. The minimum Gasteiger partial charge on any atom is -0.507 e. The molecular weight excluding hydrogens is 316 g/mol. The molecular formula is C20H24N2O3. The third-order valence-electron chi connectivity index (χ3n) is 4.67. The molecule has 2 aromatic carbocycles. The summed E-state index contributed by atoms with van der Waals surface area (Å²) in [6, 6.07) is 10.2. The standard InChI is InChI=1S/C11H8O3.C9H16N2/c12-10-6-8-4-2-1-3-7(8)5-9(10)11(13)14;1-2-5-9-10-6-4-8-11(9)7-3-1/h1-6,12H,(H,13,14);1-8H2. The number of benzene rings is 2. The lowest BCUT2D eigenvalue weighted by Crippen LogP contribution is -2.34. The molecule has 2 N–H and O–H groups in total. The summed E-state index contributed by atoms with van der Waals surface area (Å²) in [6.45, 7) is 3.60. The first-order chi connectivity index (χ1) is 12.1. The molecule has 1 fully saturated rings. The van der Waals surface area contributed by atoms with Crippen LogP contribution in [0.1, 0.15) is 42.5 Å². The van der Waals surface area contributed by atoms with E-state index in [0.717, 1.165) is 17.3 Å². The highest BCUT2D eigenvalue weighted by Crippen LogP contribution is 2.24. The van der Waals surface area contributed by atoms with Crippen LogP contribution in [0.3, 0.4) is 0 Å². The van der Waals surface area contributed by atoms with Crippen molar-refractivity contribution in [1.82, 2.24) is 4.90 Å². The zero-order valence-electron chi connectivity index (χ0n) is 14.3. The monoisotopic (exact) mass is 340 g/mol. The summed E-state index contributed by atoms with van der Waals surface area (Å²) in [4.78, 5) is 17.7. The molecule has 5 heteroatoms. The summed E-state index contributed by atoms with van der Waals surface area (Å²) in [5, 5.41) is 19.8. The van der Waals surface area contributed by atoms with Crippen LogP contribution in [0.2, 0.25) is 0 Å². The lowest BCUT2D eigenvalue weighted by molar-refractivity contribution is 0.0694. The molecule has 2 heterocycles. The van der Waals surface area contributed by atoms with Gasteiger partial charge in [-0.2, -0.15) is 0 Å². The summed E-state index contributed by atoms with van der Waals surface area (Å²) in [7, 11) is 0. The zero-order chi connectivity index (χ0) is 17.6. The van der Waals surface area contributed by atoms with E-state index in [2.05, 4.69) is 9.89 Å². The van der Waals surface area contributed by atoms with Gasteiger partial charge in [0.15, 0.2) is 0 Å². The number of nitrogens with zero attached hydrogens (tertiary/aromatic N) is 2. The highest BCUT2D eigenvalue weighted by atomic mass is 16.4. The summed E-state index contributed by atoms with van der Waals surface area (Å²) < 4.78 is 0. The van der Waals surface area contributed by atoms with Gasteiger partial charge in [-0.3, -0.25) is 4.99 Å². The number of aromatic carboxylic acids is 1. The maximum atomic E-state index is 10.7. The van der Waals surface area contributed by atoms with Crippen molar-refractivity contribution >= 4 is 22.6 Å². The molecule has 132 valence electrons. The number of aliphatic imine (C=N–C) groups is 1. The van der Waals surface area contributed by atoms with Crippen LogP contribution in [0.5, 0.6) is 5.75 Å². The fourth-order valence-electron chi connectivity index (χ4n) is 3.34. The molecule has 4 rings (SSSR count). The molecule has 0 aromatic heterocycles. The van der Waals surface area contributed by atoms with Gasteiger partial charge in [0.1, 0.15) is 11.3 Å². The van der Waals surface area contributed by atoms with Gasteiger partial charge in [0, 0.05) is 26.1 Å². The Morgan fingerprint density at radius 3 is 2.48 bits per heavy atom. The van der Waals surface area contributed by atoms with Crippen molar-refractivity contribution < 1.29 is 15.0 Å². The molecule has 2 aliphatic rings. The van der Waals surface area contributed by atoms with Gasteiger partial charge in [0.2, 0.25) is 0 Å². The van der Waals surface area contributed by atoms with E-state index in [-0.39, 0.29) is 11.3 Å². The molecule has 25 heavy (non-hydrogen) atoms. The third kappa shape index (κ3) is 4.29. The van der Waals surface area contributed by atoms with Gasteiger partial charge < -0.3 is 15.1 Å². The van der Waals surface area contributed by atoms with Crippen LogP contribution < -0.4 is 0 Å². The Labute approximate surface area is 147 Å². The highest BCUT2D eigenvalue weighted by Gasteiger charge is 2.16. The van der Waals surface area contributed by atoms with Crippen LogP contribution >= 0.6 is 0 Å². The average Bonchev–Trinajstić information content (AvgIpc) is 2.87. The number of carboxylic acids is 1. The molecule has 2 aromatic rings. The van der Waals surface area contributed by atoms with Gasteiger partial charge in [-0.05, 0) is 42.2 Å². The molecule has 0 radical (unpaired) electrons. The second-order valence-electron chi connectivity index (χ2n) is 6.47. The lowest BCUT2D eigenvalue weighted by atomic mass is 10.1. The first-order valence-corrected chi connectivity index (χ1v) is 8.88. The van der Waals surface area contributed by atoms with Gasteiger partial charge in [-0.15, -0.1) is 0 Å². The second-order valence-corrected chi connectivity index (χ2v) is 6.47. The van der Waals surface area contributed by atoms with Crippen molar-refractivity contribution in [2.75, 3.05) is 19.6 Å². The molecule has 0 saturated carbocycles. The topological polar surface area (TPSA) is 73.1 Å². The predicted molar refractivity (Wildman–Crippen MR) is 99.5 cm³/mol. The Hall–Kier alpha value is -2.56. The number of rotatable bonds is 1. The van der Waals surface area contributed by atoms with Crippen LogP contribution in [-0.2, 0) is 0 Å². The quantitative estimate of drug-likeness (QED) is 0.825. The molecule has 0 amide bonds. The molecule has 2 aliphatic heterocycles. The second kappa shape index (κ2) is 8.01. The van der Waals surface area contributed by atoms with Crippen molar-refractivity contribution in [3.05, 3.63) is 42.0 Å². The van der Waals surface area contributed by atoms with Crippen LogP contribution in [0.15, 0.2) is 41.4 Å². The van der Waals surface area contributed by atoms with E-state index in [1.807, 2.05) is 18.2 Å². The van der Waals surface area contributed by atoms with E-state index in [9.17, 15) is 9.90 Å². The van der Waals surface area contributed by atoms with Gasteiger partial charge in [-0.1, -0.05) is 30.7 Å². The van der Waals surface area contributed by atoms with Gasteiger partial charge in [0.05, 0.1) is 5.84 Å². The molecule has 0 atom stereocenters. The normalized spacial score (nSPS) is 17.0. The van der Waals surface area contributed by atoms with Crippen molar-refractivity contribution in [2.24, 2.45) is 4.99 Å². The van der Waals surface area contributed by atoms with Gasteiger partial charge >= 0.3 is 5.97 Å². The van der Waals surface area contributed by atoms with E-state index >= 15 is 0 Å². The molecule has 0 aliphatic carbocycles. The number of carbonyl (C=O) groups is 1. The smallest absolute Gasteiger partial charge is 0.339 e. The fourth-order valence-corrected chi connectivity index (χ4v) is 3.34. The van der Waals surface area contributed by atoms with E-state index in [1.54, 1.807) is 6.07 Å². The molecule has 0 bridgehead atoms.